The lowest BCUT2D eigenvalue weighted by atomic mass is 9.69. The van der Waals surface area contributed by atoms with E-state index in [4.69, 9.17) is 5.11 Å². The molecule has 1 rings (SSSR count). The Bertz CT molecular complexity index is 169. The number of rotatable bonds is 4. The second-order valence-electron chi connectivity index (χ2n) is 4.31. The highest BCUT2D eigenvalue weighted by molar-refractivity contribution is 5.66. The number of hydrogen-bond acceptors (Lipinski definition) is 1. The average Bonchev–Trinajstić information content (AvgIpc) is 2.16. The molecule has 0 saturated heterocycles. The van der Waals surface area contributed by atoms with Crippen LogP contribution in [-0.2, 0) is 4.79 Å². The van der Waals surface area contributed by atoms with Crippen LogP contribution in [0.4, 0.5) is 0 Å². The molecule has 0 bridgehead atoms. The van der Waals surface area contributed by atoms with Gasteiger partial charge in [0.1, 0.15) is 0 Å². The van der Waals surface area contributed by atoms with Crippen molar-refractivity contribution >= 4 is 5.97 Å². The molecule has 13 heavy (non-hydrogen) atoms. The van der Waals surface area contributed by atoms with E-state index < -0.39 is 5.97 Å². The van der Waals surface area contributed by atoms with Gasteiger partial charge >= 0.3 is 5.97 Å². The van der Waals surface area contributed by atoms with Crippen molar-refractivity contribution < 1.29 is 9.90 Å². The van der Waals surface area contributed by atoms with Crippen molar-refractivity contribution in [2.24, 2.45) is 5.41 Å². The maximum absolute atomic E-state index is 10.5. The topological polar surface area (TPSA) is 37.3 Å². The van der Waals surface area contributed by atoms with E-state index in [9.17, 15) is 4.79 Å². The van der Waals surface area contributed by atoms with E-state index in [0.29, 0.717) is 11.8 Å². The first-order valence-corrected chi connectivity index (χ1v) is 5.40. The second kappa shape index (κ2) is 4.64. The van der Waals surface area contributed by atoms with Gasteiger partial charge in [-0.25, -0.2) is 0 Å². The minimum Gasteiger partial charge on any atom is -0.481 e. The Kier molecular flexibility index (Phi) is 3.76. The van der Waals surface area contributed by atoms with E-state index in [1.54, 1.807) is 0 Å². The molecule has 0 aliphatic heterocycles. The van der Waals surface area contributed by atoms with Crippen molar-refractivity contribution in [2.75, 3.05) is 0 Å². The van der Waals surface area contributed by atoms with E-state index in [2.05, 4.69) is 6.92 Å². The minimum atomic E-state index is -0.640. The third-order valence-electron chi connectivity index (χ3n) is 3.53. The van der Waals surface area contributed by atoms with Crippen molar-refractivity contribution in [1.29, 1.82) is 0 Å². The highest BCUT2D eigenvalue weighted by Crippen LogP contribution is 2.42. The fourth-order valence-corrected chi connectivity index (χ4v) is 2.45. The summed E-state index contributed by atoms with van der Waals surface area (Å²) < 4.78 is 0. The maximum Gasteiger partial charge on any atom is 0.303 e. The van der Waals surface area contributed by atoms with E-state index >= 15 is 0 Å². The molecule has 1 aliphatic rings. The Morgan fingerprint density at radius 3 is 2.38 bits per heavy atom. The molecule has 1 saturated carbocycles. The summed E-state index contributed by atoms with van der Waals surface area (Å²) in [6.45, 7) is 2.20. The lowest BCUT2D eigenvalue weighted by Crippen LogP contribution is -2.24. The van der Waals surface area contributed by atoms with Crippen LogP contribution in [0.2, 0.25) is 0 Å². The SMILES string of the molecule is CCC1(CCC(=O)O)CCCCC1. The fraction of sp³-hybridized carbons (Fsp3) is 0.909. The summed E-state index contributed by atoms with van der Waals surface area (Å²) in [4.78, 5) is 10.5. The number of carboxylic acids is 1. The molecule has 2 nitrogen and oxygen atoms in total. The lowest BCUT2D eigenvalue weighted by molar-refractivity contribution is -0.137. The van der Waals surface area contributed by atoms with Crippen molar-refractivity contribution in [3.8, 4) is 0 Å². The zero-order valence-electron chi connectivity index (χ0n) is 8.51. The summed E-state index contributed by atoms with van der Waals surface area (Å²) in [5, 5.41) is 8.65. The van der Waals surface area contributed by atoms with Gasteiger partial charge in [-0.05, 0) is 24.7 Å². The Morgan fingerprint density at radius 1 is 1.31 bits per heavy atom. The molecule has 0 amide bonds. The van der Waals surface area contributed by atoms with Gasteiger partial charge in [0, 0.05) is 6.42 Å². The first-order valence-electron chi connectivity index (χ1n) is 5.40. The summed E-state index contributed by atoms with van der Waals surface area (Å²) >= 11 is 0. The van der Waals surface area contributed by atoms with Crippen LogP contribution in [0.3, 0.4) is 0 Å². The summed E-state index contributed by atoms with van der Waals surface area (Å²) in [5.74, 6) is -0.640. The fourth-order valence-electron chi connectivity index (χ4n) is 2.45. The quantitative estimate of drug-likeness (QED) is 0.728. The van der Waals surface area contributed by atoms with Gasteiger partial charge in [-0.15, -0.1) is 0 Å². The zero-order valence-corrected chi connectivity index (χ0v) is 8.51. The smallest absolute Gasteiger partial charge is 0.303 e. The first-order chi connectivity index (χ1) is 6.18. The molecule has 0 atom stereocenters. The molecular formula is C11H20O2. The third kappa shape index (κ3) is 3.02. The molecule has 0 aromatic rings. The van der Waals surface area contributed by atoms with Gasteiger partial charge in [-0.1, -0.05) is 32.6 Å². The van der Waals surface area contributed by atoms with Crippen molar-refractivity contribution in [3.05, 3.63) is 0 Å². The Hall–Kier alpha value is -0.530. The van der Waals surface area contributed by atoms with Gasteiger partial charge in [-0.2, -0.15) is 0 Å². The minimum absolute atomic E-state index is 0.355. The highest BCUT2D eigenvalue weighted by Gasteiger charge is 2.30. The van der Waals surface area contributed by atoms with E-state index in [1.807, 2.05) is 0 Å². The third-order valence-corrected chi connectivity index (χ3v) is 3.53. The lowest BCUT2D eigenvalue weighted by Gasteiger charge is -2.36. The highest BCUT2D eigenvalue weighted by atomic mass is 16.4. The molecule has 0 unspecified atom stereocenters. The standard InChI is InChI=1S/C11H20O2/c1-2-11(9-6-10(12)13)7-4-3-5-8-11/h2-9H2,1H3,(H,12,13). The molecule has 0 aromatic carbocycles. The van der Waals surface area contributed by atoms with Gasteiger partial charge in [0.15, 0.2) is 0 Å². The number of aliphatic carboxylic acids is 1. The van der Waals surface area contributed by atoms with Crippen LogP contribution in [-0.4, -0.2) is 11.1 Å². The van der Waals surface area contributed by atoms with E-state index in [1.165, 1.54) is 32.1 Å². The number of hydrogen-bond donors (Lipinski definition) is 1. The molecule has 0 spiro atoms. The van der Waals surface area contributed by atoms with Gasteiger partial charge in [0.2, 0.25) is 0 Å². The van der Waals surface area contributed by atoms with E-state index in [-0.39, 0.29) is 0 Å². The molecule has 76 valence electrons. The van der Waals surface area contributed by atoms with E-state index in [0.717, 1.165) is 12.8 Å². The normalized spacial score (nSPS) is 21.3. The molecule has 1 N–H and O–H groups in total. The summed E-state index contributed by atoms with van der Waals surface area (Å²) in [6.07, 6.45) is 8.83. The van der Waals surface area contributed by atoms with Crippen molar-refractivity contribution in [3.63, 3.8) is 0 Å². The molecule has 0 aromatic heterocycles. The van der Waals surface area contributed by atoms with Crippen LogP contribution in [0.15, 0.2) is 0 Å². The van der Waals surface area contributed by atoms with Gasteiger partial charge in [-0.3, -0.25) is 4.79 Å². The maximum atomic E-state index is 10.5. The van der Waals surface area contributed by atoms with Crippen LogP contribution in [0, 0.1) is 5.41 Å². The van der Waals surface area contributed by atoms with Crippen LogP contribution in [0.1, 0.15) is 58.3 Å². The van der Waals surface area contributed by atoms with Crippen LogP contribution in [0.25, 0.3) is 0 Å². The molecule has 1 aliphatic carbocycles. The van der Waals surface area contributed by atoms with Crippen LogP contribution in [0.5, 0.6) is 0 Å². The Morgan fingerprint density at radius 2 is 1.92 bits per heavy atom. The largest absolute Gasteiger partial charge is 0.481 e. The molecule has 0 radical (unpaired) electrons. The van der Waals surface area contributed by atoms with Gasteiger partial charge < -0.3 is 5.11 Å². The second-order valence-corrected chi connectivity index (χ2v) is 4.31. The molecule has 0 heterocycles. The first kappa shape index (κ1) is 10.6. The summed E-state index contributed by atoms with van der Waals surface area (Å²) in [7, 11) is 0. The van der Waals surface area contributed by atoms with Gasteiger partial charge in [0.25, 0.3) is 0 Å². The molecular weight excluding hydrogens is 164 g/mol. The summed E-state index contributed by atoms with van der Waals surface area (Å²) in [6, 6.07) is 0. The monoisotopic (exact) mass is 184 g/mol. The van der Waals surface area contributed by atoms with Crippen molar-refractivity contribution in [1.82, 2.24) is 0 Å². The van der Waals surface area contributed by atoms with Gasteiger partial charge in [0.05, 0.1) is 0 Å². The molecule has 1 fully saturated rings. The summed E-state index contributed by atoms with van der Waals surface area (Å²) in [5.41, 5.74) is 0.372. The molecule has 2 heteroatoms. The number of carboxylic acid groups (broad SMARTS) is 1. The number of carbonyl (C=O) groups is 1. The van der Waals surface area contributed by atoms with Crippen LogP contribution >= 0.6 is 0 Å². The predicted octanol–water partition coefficient (Wildman–Crippen LogP) is 3.21. The van der Waals surface area contributed by atoms with Crippen molar-refractivity contribution in [2.45, 2.75) is 58.3 Å². The average molecular weight is 184 g/mol. The Labute approximate surface area is 80.3 Å². The Balaban J connectivity index is 2.42. The van der Waals surface area contributed by atoms with Crippen LogP contribution < -0.4 is 0 Å². The predicted molar refractivity (Wildman–Crippen MR) is 52.7 cm³/mol. The zero-order chi connectivity index (χ0) is 9.73.